The van der Waals surface area contributed by atoms with E-state index in [2.05, 4.69) is 6.92 Å². The number of aliphatic hydroxyl groups excluding tert-OH is 1. The molecule has 0 aromatic carbocycles. The molecule has 0 radical (unpaired) electrons. The van der Waals surface area contributed by atoms with Crippen LogP contribution in [0.25, 0.3) is 0 Å². The summed E-state index contributed by atoms with van der Waals surface area (Å²) < 4.78 is 21.2. The first-order valence-corrected chi connectivity index (χ1v) is 7.88. The predicted octanol–water partition coefficient (Wildman–Crippen LogP) is 0.304. The lowest BCUT2D eigenvalue weighted by atomic mass is 10.4. The fourth-order valence-electron chi connectivity index (χ4n) is 1.53. The average Bonchev–Trinajstić information content (AvgIpc) is 2.51. The highest BCUT2D eigenvalue weighted by atomic mass is 16.6. The molecule has 0 aromatic heterocycles. The van der Waals surface area contributed by atoms with E-state index in [1.54, 1.807) is 7.05 Å². The van der Waals surface area contributed by atoms with Crippen LogP contribution in [0.4, 0.5) is 0 Å². The third-order valence-corrected chi connectivity index (χ3v) is 2.79. The van der Waals surface area contributed by atoms with E-state index in [4.69, 9.17) is 24.1 Å². The van der Waals surface area contributed by atoms with Crippen molar-refractivity contribution in [1.82, 2.24) is 4.90 Å². The van der Waals surface area contributed by atoms with Gasteiger partial charge in [0.25, 0.3) is 0 Å². The van der Waals surface area contributed by atoms with Gasteiger partial charge in [-0.2, -0.15) is 0 Å². The third kappa shape index (κ3) is 14.2. The van der Waals surface area contributed by atoms with E-state index in [-0.39, 0.29) is 12.5 Å². The molecule has 0 rings (SSSR count). The number of hydrogen-bond donors (Lipinski definition) is 1. The summed E-state index contributed by atoms with van der Waals surface area (Å²) in [5.74, 6) is -0.0336. The van der Waals surface area contributed by atoms with Gasteiger partial charge in [0.15, 0.2) is 0 Å². The summed E-state index contributed by atoms with van der Waals surface area (Å²) in [6.45, 7) is 6.75. The average molecular weight is 321 g/mol. The number of likely N-dealkylation sites (N-methyl/N-ethyl adjacent to an activating group) is 1. The third-order valence-electron chi connectivity index (χ3n) is 2.79. The Morgan fingerprint density at radius 2 is 1.32 bits per heavy atom. The van der Waals surface area contributed by atoms with E-state index < -0.39 is 0 Å². The van der Waals surface area contributed by atoms with Crippen LogP contribution in [0.3, 0.4) is 0 Å². The summed E-state index contributed by atoms with van der Waals surface area (Å²) in [7, 11) is 1.66. The summed E-state index contributed by atoms with van der Waals surface area (Å²) in [6, 6.07) is 0. The second kappa shape index (κ2) is 16.6. The molecule has 0 saturated heterocycles. The van der Waals surface area contributed by atoms with Crippen molar-refractivity contribution in [2.45, 2.75) is 19.8 Å². The zero-order chi connectivity index (χ0) is 16.5. The Hall–Kier alpha value is -0.730. The molecule has 0 aliphatic heterocycles. The van der Waals surface area contributed by atoms with Crippen molar-refractivity contribution in [2.75, 3.05) is 73.1 Å². The number of amides is 1. The van der Waals surface area contributed by atoms with Crippen molar-refractivity contribution in [2.24, 2.45) is 0 Å². The summed E-state index contributed by atoms with van der Waals surface area (Å²) >= 11 is 0. The Morgan fingerprint density at radius 1 is 0.864 bits per heavy atom. The molecule has 0 fully saturated rings. The molecule has 0 atom stereocenters. The van der Waals surface area contributed by atoms with Crippen LogP contribution in [0.5, 0.6) is 0 Å². The monoisotopic (exact) mass is 321 g/mol. The lowest BCUT2D eigenvalue weighted by molar-refractivity contribution is -0.131. The van der Waals surface area contributed by atoms with Gasteiger partial charge in [-0.05, 0) is 6.42 Å². The minimum atomic E-state index is -0.0336. The van der Waals surface area contributed by atoms with E-state index in [0.29, 0.717) is 59.2 Å². The Bertz CT molecular complexity index is 252. The van der Waals surface area contributed by atoms with E-state index in [0.717, 1.165) is 13.0 Å². The number of hydrogen-bond acceptors (Lipinski definition) is 6. The second-order valence-corrected chi connectivity index (χ2v) is 4.74. The topological polar surface area (TPSA) is 77.5 Å². The van der Waals surface area contributed by atoms with E-state index in [9.17, 15) is 4.79 Å². The van der Waals surface area contributed by atoms with Crippen molar-refractivity contribution in [3.8, 4) is 0 Å². The molecule has 0 bridgehead atoms. The number of nitrogens with zero attached hydrogens (tertiary/aromatic N) is 1. The van der Waals surface area contributed by atoms with Crippen LogP contribution in [-0.2, 0) is 23.7 Å². The first kappa shape index (κ1) is 21.3. The molecule has 0 aromatic rings. The van der Waals surface area contributed by atoms with E-state index in [1.807, 2.05) is 0 Å². The largest absolute Gasteiger partial charge is 0.395 e. The maximum atomic E-state index is 11.5. The van der Waals surface area contributed by atoms with Crippen molar-refractivity contribution in [1.29, 1.82) is 0 Å². The zero-order valence-corrected chi connectivity index (χ0v) is 13.9. The number of ether oxygens (including phenoxy) is 4. The molecule has 0 saturated carbocycles. The summed E-state index contributed by atoms with van der Waals surface area (Å²) in [6.07, 6.45) is 1.34. The minimum absolute atomic E-state index is 0.0241. The van der Waals surface area contributed by atoms with Gasteiger partial charge in [0, 0.05) is 20.2 Å². The maximum Gasteiger partial charge on any atom is 0.224 e. The Kier molecular flexibility index (Phi) is 16.1. The van der Waals surface area contributed by atoms with Gasteiger partial charge in [0.1, 0.15) is 0 Å². The molecule has 0 unspecified atom stereocenters. The predicted molar refractivity (Wildman–Crippen MR) is 82.9 cm³/mol. The molecule has 132 valence electrons. The molecular weight excluding hydrogens is 290 g/mol. The van der Waals surface area contributed by atoms with Crippen LogP contribution in [-0.4, -0.2) is 89.0 Å². The van der Waals surface area contributed by atoms with Crippen LogP contribution >= 0.6 is 0 Å². The normalized spacial score (nSPS) is 10.9. The minimum Gasteiger partial charge on any atom is -0.395 e. The highest BCUT2D eigenvalue weighted by Crippen LogP contribution is 1.92. The van der Waals surface area contributed by atoms with Gasteiger partial charge in [-0.15, -0.1) is 0 Å². The van der Waals surface area contributed by atoms with Gasteiger partial charge in [-0.1, -0.05) is 6.92 Å². The summed E-state index contributed by atoms with van der Waals surface area (Å²) in [5, 5.41) is 8.71. The fraction of sp³-hybridized carbons (Fsp3) is 0.933. The molecule has 0 aliphatic carbocycles. The lowest BCUT2D eigenvalue weighted by Gasteiger charge is -2.15. The van der Waals surface area contributed by atoms with E-state index >= 15 is 0 Å². The molecular formula is C15H31NO6. The smallest absolute Gasteiger partial charge is 0.224 e. The molecule has 1 amide bonds. The Morgan fingerprint density at radius 3 is 1.77 bits per heavy atom. The van der Waals surface area contributed by atoms with Crippen LogP contribution in [0, 0.1) is 0 Å². The van der Waals surface area contributed by atoms with Gasteiger partial charge < -0.3 is 29.0 Å². The number of aliphatic hydroxyl groups is 1. The Balaban J connectivity index is 3.16. The SMILES string of the molecule is CCCOCCOCCOCCOCCC(=O)N(C)CCO. The number of carbonyl (C=O) groups is 1. The second-order valence-electron chi connectivity index (χ2n) is 4.74. The molecule has 7 heteroatoms. The van der Waals surface area contributed by atoms with Crippen molar-refractivity contribution in [3.05, 3.63) is 0 Å². The fourth-order valence-corrected chi connectivity index (χ4v) is 1.53. The highest BCUT2D eigenvalue weighted by molar-refractivity contribution is 5.75. The zero-order valence-electron chi connectivity index (χ0n) is 13.9. The Labute approximate surface area is 133 Å². The number of carbonyl (C=O) groups excluding carboxylic acids is 1. The number of rotatable bonds is 16. The van der Waals surface area contributed by atoms with Crippen LogP contribution in [0.2, 0.25) is 0 Å². The van der Waals surface area contributed by atoms with Crippen molar-refractivity contribution in [3.63, 3.8) is 0 Å². The van der Waals surface area contributed by atoms with Gasteiger partial charge in [0.05, 0.1) is 59.3 Å². The molecule has 22 heavy (non-hydrogen) atoms. The standard InChI is InChI=1S/C15H31NO6/c1-3-7-19-9-11-21-13-14-22-12-10-20-8-4-15(18)16(2)5-6-17/h17H,3-14H2,1-2H3. The van der Waals surface area contributed by atoms with Gasteiger partial charge >= 0.3 is 0 Å². The molecule has 0 heterocycles. The molecule has 0 spiro atoms. The summed E-state index contributed by atoms with van der Waals surface area (Å²) in [5.41, 5.74) is 0. The van der Waals surface area contributed by atoms with Crippen LogP contribution in [0.1, 0.15) is 19.8 Å². The van der Waals surface area contributed by atoms with Crippen molar-refractivity contribution < 1.29 is 28.8 Å². The molecule has 7 nitrogen and oxygen atoms in total. The quantitative estimate of drug-likeness (QED) is 0.412. The van der Waals surface area contributed by atoms with Crippen LogP contribution < -0.4 is 0 Å². The summed E-state index contributed by atoms with van der Waals surface area (Å²) in [4.78, 5) is 13.0. The highest BCUT2D eigenvalue weighted by Gasteiger charge is 2.06. The van der Waals surface area contributed by atoms with Gasteiger partial charge in [-0.25, -0.2) is 0 Å². The first-order valence-electron chi connectivity index (χ1n) is 7.88. The molecule has 0 aliphatic rings. The van der Waals surface area contributed by atoms with E-state index in [1.165, 1.54) is 4.90 Å². The molecule has 1 N–H and O–H groups in total. The van der Waals surface area contributed by atoms with Gasteiger partial charge in [-0.3, -0.25) is 4.79 Å². The maximum absolute atomic E-state index is 11.5. The first-order chi connectivity index (χ1) is 10.7. The van der Waals surface area contributed by atoms with Crippen LogP contribution in [0.15, 0.2) is 0 Å². The lowest BCUT2D eigenvalue weighted by Crippen LogP contribution is -2.30. The van der Waals surface area contributed by atoms with Crippen molar-refractivity contribution >= 4 is 5.91 Å². The van der Waals surface area contributed by atoms with Gasteiger partial charge in [0.2, 0.25) is 5.91 Å².